The summed E-state index contributed by atoms with van der Waals surface area (Å²) in [5.74, 6) is 0.0491. The highest BCUT2D eigenvalue weighted by molar-refractivity contribution is 5.97. The molecule has 1 aromatic heterocycles. The zero-order valence-electron chi connectivity index (χ0n) is 15.6. The summed E-state index contributed by atoms with van der Waals surface area (Å²) in [7, 11) is 0. The molecule has 2 N–H and O–H groups in total. The van der Waals surface area contributed by atoms with Crippen LogP contribution >= 0.6 is 0 Å². The molecule has 144 valence electrons. The molecule has 0 amide bonds. The van der Waals surface area contributed by atoms with Gasteiger partial charge in [-0.05, 0) is 45.0 Å². The van der Waals surface area contributed by atoms with Crippen molar-refractivity contribution in [3.05, 3.63) is 35.0 Å². The first-order valence-corrected chi connectivity index (χ1v) is 9.16. The van der Waals surface area contributed by atoms with Gasteiger partial charge in [0.1, 0.15) is 18.5 Å². The molecule has 0 saturated heterocycles. The van der Waals surface area contributed by atoms with Crippen molar-refractivity contribution in [1.29, 1.82) is 0 Å². The van der Waals surface area contributed by atoms with Gasteiger partial charge >= 0.3 is 11.9 Å². The first-order valence-electron chi connectivity index (χ1n) is 9.16. The molecule has 2 heterocycles. The smallest absolute Gasteiger partial charge is 0.338 e. The van der Waals surface area contributed by atoms with Gasteiger partial charge in [-0.25, -0.2) is 4.79 Å². The van der Waals surface area contributed by atoms with Crippen LogP contribution in [0.1, 0.15) is 41.4 Å². The van der Waals surface area contributed by atoms with E-state index in [0.717, 1.165) is 22.2 Å². The second-order valence-electron chi connectivity index (χ2n) is 6.48. The van der Waals surface area contributed by atoms with Crippen LogP contribution in [0.4, 0.5) is 0 Å². The molecular formula is C20H24N2O5. The van der Waals surface area contributed by atoms with Gasteiger partial charge in [-0.15, -0.1) is 0 Å². The Morgan fingerprint density at radius 1 is 1.33 bits per heavy atom. The number of fused-ring (bicyclic) bond motifs is 3. The SMILES string of the molecule is CCOC(=O)c1ccc2nc(C)c3c(c2c1)OC(COC(=O)CCCN)C3. The van der Waals surface area contributed by atoms with Crippen LogP contribution in [-0.2, 0) is 20.7 Å². The highest BCUT2D eigenvalue weighted by Crippen LogP contribution is 2.37. The number of nitrogens with two attached hydrogens (primary N) is 1. The van der Waals surface area contributed by atoms with E-state index >= 15 is 0 Å². The van der Waals surface area contributed by atoms with Gasteiger partial charge in [-0.2, -0.15) is 0 Å². The van der Waals surface area contributed by atoms with E-state index < -0.39 is 0 Å². The van der Waals surface area contributed by atoms with Crippen LogP contribution in [0.5, 0.6) is 5.75 Å². The fraction of sp³-hybridized carbons (Fsp3) is 0.450. The molecule has 1 atom stereocenters. The van der Waals surface area contributed by atoms with Crippen LogP contribution in [0.25, 0.3) is 10.9 Å². The van der Waals surface area contributed by atoms with Gasteiger partial charge in [-0.3, -0.25) is 9.78 Å². The number of carbonyl (C=O) groups excluding carboxylic acids is 2. The van der Waals surface area contributed by atoms with Crippen LogP contribution in [0.3, 0.4) is 0 Å². The summed E-state index contributed by atoms with van der Waals surface area (Å²) >= 11 is 0. The van der Waals surface area contributed by atoms with Crippen LogP contribution < -0.4 is 10.5 Å². The third-order valence-electron chi connectivity index (χ3n) is 4.48. The Balaban J connectivity index is 1.80. The van der Waals surface area contributed by atoms with Crippen molar-refractivity contribution in [2.45, 2.75) is 39.2 Å². The van der Waals surface area contributed by atoms with E-state index in [-0.39, 0.29) is 24.6 Å². The Labute approximate surface area is 157 Å². The minimum atomic E-state index is -0.378. The number of carbonyl (C=O) groups is 2. The number of nitrogens with zero attached hydrogens (tertiary/aromatic N) is 1. The number of esters is 2. The number of rotatable bonds is 7. The standard InChI is InChI=1S/C20H24N2O5/c1-3-25-20(24)13-6-7-17-16(9-13)19-15(12(2)22-17)10-14(27-19)11-26-18(23)5-4-8-21/h6-7,9,14H,3-5,8,10-11,21H2,1-2H3. The predicted octanol–water partition coefficient (Wildman–Crippen LogP) is 2.31. The summed E-state index contributed by atoms with van der Waals surface area (Å²) in [6, 6.07) is 5.23. The molecule has 0 aliphatic carbocycles. The van der Waals surface area contributed by atoms with Gasteiger partial charge in [0, 0.05) is 29.5 Å². The van der Waals surface area contributed by atoms with Gasteiger partial charge in [0.2, 0.25) is 0 Å². The van der Waals surface area contributed by atoms with Crippen LogP contribution in [-0.4, -0.2) is 42.8 Å². The van der Waals surface area contributed by atoms with Crippen LogP contribution in [0.2, 0.25) is 0 Å². The summed E-state index contributed by atoms with van der Waals surface area (Å²) in [5, 5.41) is 0.762. The number of pyridine rings is 1. The maximum absolute atomic E-state index is 12.0. The third kappa shape index (κ3) is 4.19. The van der Waals surface area contributed by atoms with E-state index in [9.17, 15) is 9.59 Å². The lowest BCUT2D eigenvalue weighted by atomic mass is 10.0. The number of aryl methyl sites for hydroxylation is 1. The molecule has 1 aliphatic heterocycles. The van der Waals surface area contributed by atoms with Crippen LogP contribution in [0.15, 0.2) is 18.2 Å². The lowest BCUT2D eigenvalue weighted by molar-refractivity contribution is -0.145. The molecule has 1 unspecified atom stereocenters. The molecule has 0 saturated carbocycles. The second kappa shape index (κ2) is 8.35. The van der Waals surface area contributed by atoms with Crippen molar-refractivity contribution < 1.29 is 23.8 Å². The van der Waals surface area contributed by atoms with E-state index in [1.165, 1.54) is 0 Å². The Bertz CT molecular complexity index is 865. The maximum atomic E-state index is 12.0. The number of hydrogen-bond acceptors (Lipinski definition) is 7. The molecular weight excluding hydrogens is 348 g/mol. The van der Waals surface area contributed by atoms with Gasteiger partial charge in [0.05, 0.1) is 17.7 Å². The van der Waals surface area contributed by atoms with E-state index in [0.29, 0.717) is 43.7 Å². The Morgan fingerprint density at radius 2 is 2.15 bits per heavy atom. The minimum Gasteiger partial charge on any atom is -0.485 e. The van der Waals surface area contributed by atoms with E-state index in [1.807, 2.05) is 6.92 Å². The third-order valence-corrected chi connectivity index (χ3v) is 4.48. The summed E-state index contributed by atoms with van der Waals surface area (Å²) in [6.07, 6.45) is 1.26. The number of aromatic nitrogens is 1. The van der Waals surface area contributed by atoms with Gasteiger partial charge in [0.25, 0.3) is 0 Å². The quantitative estimate of drug-likeness (QED) is 0.744. The molecule has 1 aliphatic rings. The highest BCUT2D eigenvalue weighted by atomic mass is 16.6. The predicted molar refractivity (Wildman–Crippen MR) is 99.8 cm³/mol. The molecule has 7 heteroatoms. The van der Waals surface area contributed by atoms with Gasteiger partial charge in [-0.1, -0.05) is 0 Å². The number of benzene rings is 1. The van der Waals surface area contributed by atoms with Crippen LogP contribution in [0, 0.1) is 6.92 Å². The van der Waals surface area contributed by atoms with Crippen molar-refractivity contribution in [1.82, 2.24) is 4.98 Å². The fourth-order valence-electron chi connectivity index (χ4n) is 3.14. The largest absolute Gasteiger partial charge is 0.485 e. The second-order valence-corrected chi connectivity index (χ2v) is 6.48. The maximum Gasteiger partial charge on any atom is 0.338 e. The zero-order valence-corrected chi connectivity index (χ0v) is 15.6. The van der Waals surface area contributed by atoms with E-state index in [4.69, 9.17) is 19.9 Å². The van der Waals surface area contributed by atoms with E-state index in [2.05, 4.69) is 4.98 Å². The Kier molecular flexibility index (Phi) is 5.91. The normalized spacial score (nSPS) is 15.3. The van der Waals surface area contributed by atoms with Crippen molar-refractivity contribution in [2.24, 2.45) is 5.73 Å². The number of ether oxygens (including phenoxy) is 3. The lowest BCUT2D eigenvalue weighted by Gasteiger charge is -2.12. The molecule has 3 rings (SSSR count). The van der Waals surface area contributed by atoms with Crippen molar-refractivity contribution >= 4 is 22.8 Å². The Morgan fingerprint density at radius 3 is 2.89 bits per heavy atom. The molecule has 27 heavy (non-hydrogen) atoms. The van der Waals surface area contributed by atoms with Crippen molar-refractivity contribution in [3.63, 3.8) is 0 Å². The lowest BCUT2D eigenvalue weighted by Crippen LogP contribution is -2.23. The van der Waals surface area contributed by atoms with Crippen molar-refractivity contribution in [3.8, 4) is 5.75 Å². The topological polar surface area (TPSA) is 101 Å². The average Bonchev–Trinajstić information content (AvgIpc) is 3.10. The first kappa shape index (κ1) is 19.1. The molecule has 0 spiro atoms. The molecule has 0 radical (unpaired) electrons. The molecule has 1 aromatic carbocycles. The molecule has 2 aromatic rings. The molecule has 7 nitrogen and oxygen atoms in total. The van der Waals surface area contributed by atoms with E-state index in [1.54, 1.807) is 25.1 Å². The van der Waals surface area contributed by atoms with Gasteiger partial charge < -0.3 is 19.9 Å². The summed E-state index contributed by atoms with van der Waals surface area (Å²) in [6.45, 7) is 4.65. The summed E-state index contributed by atoms with van der Waals surface area (Å²) in [4.78, 5) is 28.3. The molecule has 0 fully saturated rings. The Hall–Kier alpha value is -2.67. The zero-order chi connectivity index (χ0) is 19.4. The highest BCUT2D eigenvalue weighted by Gasteiger charge is 2.29. The number of hydrogen-bond donors (Lipinski definition) is 1. The minimum absolute atomic E-state index is 0.177. The fourth-order valence-corrected chi connectivity index (χ4v) is 3.14. The van der Waals surface area contributed by atoms with Crippen molar-refractivity contribution in [2.75, 3.05) is 19.8 Å². The van der Waals surface area contributed by atoms with Gasteiger partial charge in [0.15, 0.2) is 0 Å². The first-order chi connectivity index (χ1) is 13.0. The molecule has 0 bridgehead atoms. The summed E-state index contributed by atoms with van der Waals surface area (Å²) in [5.41, 5.74) is 8.46. The summed E-state index contributed by atoms with van der Waals surface area (Å²) < 4.78 is 16.4. The monoisotopic (exact) mass is 372 g/mol. The average molecular weight is 372 g/mol.